The Hall–Kier alpha value is -2.87. The van der Waals surface area contributed by atoms with Crippen molar-refractivity contribution in [2.45, 2.75) is 26.3 Å². The smallest absolute Gasteiger partial charge is 0.352 e. The molecule has 1 aromatic carbocycles. The molecule has 1 amide bonds. The van der Waals surface area contributed by atoms with Crippen molar-refractivity contribution >= 4 is 34.8 Å². The average molecular weight is 401 g/mol. The van der Waals surface area contributed by atoms with E-state index in [0.29, 0.717) is 16.6 Å². The molecule has 3 aromatic rings. The van der Waals surface area contributed by atoms with Gasteiger partial charge in [-0.15, -0.1) is 5.10 Å². The molecular formula is C19H21ClN6O2. The highest BCUT2D eigenvalue weighted by atomic mass is 35.5. The summed E-state index contributed by atoms with van der Waals surface area (Å²) in [5, 5.41) is 7.46. The fourth-order valence-corrected chi connectivity index (χ4v) is 3.67. The fraction of sp³-hybridized carbons (Fsp3) is 0.368. The first-order valence-electron chi connectivity index (χ1n) is 9.26. The maximum Gasteiger partial charge on any atom is 0.352 e. The topological polar surface area (TPSA) is 84.5 Å². The second kappa shape index (κ2) is 7.63. The third kappa shape index (κ3) is 3.87. The standard InChI is InChI=1S/C19H21ClN6O2/c1-13-4-3-8-24(11-13)16-7-9-25-18(22-16)23-26(19(25)28)12-17(27)21-15-6-2-5-14(20)10-15/h2,5-7,9-10,13H,3-4,8,11-12H2,1H3,(H,21,27)/t13-/m1/s1. The van der Waals surface area contributed by atoms with E-state index in [1.54, 1.807) is 30.5 Å². The average Bonchev–Trinajstić information content (AvgIpc) is 2.96. The second-order valence-corrected chi connectivity index (χ2v) is 7.58. The third-order valence-electron chi connectivity index (χ3n) is 4.82. The molecule has 28 heavy (non-hydrogen) atoms. The Labute approximate surface area is 166 Å². The van der Waals surface area contributed by atoms with Gasteiger partial charge in [0.2, 0.25) is 5.91 Å². The van der Waals surface area contributed by atoms with Gasteiger partial charge in [0.1, 0.15) is 12.4 Å². The van der Waals surface area contributed by atoms with Crippen LogP contribution in [0.4, 0.5) is 11.5 Å². The van der Waals surface area contributed by atoms with E-state index >= 15 is 0 Å². The number of halogens is 1. The summed E-state index contributed by atoms with van der Waals surface area (Å²) in [7, 11) is 0. The van der Waals surface area contributed by atoms with Gasteiger partial charge in [0.25, 0.3) is 5.78 Å². The van der Waals surface area contributed by atoms with Crippen LogP contribution in [0.1, 0.15) is 19.8 Å². The molecule has 0 unspecified atom stereocenters. The van der Waals surface area contributed by atoms with E-state index in [2.05, 4.69) is 27.2 Å². The molecule has 4 rings (SSSR count). The van der Waals surface area contributed by atoms with Gasteiger partial charge in [-0.05, 0) is 43.0 Å². The van der Waals surface area contributed by atoms with Crippen LogP contribution in [0.25, 0.3) is 5.78 Å². The van der Waals surface area contributed by atoms with Crippen LogP contribution >= 0.6 is 11.6 Å². The number of amides is 1. The lowest BCUT2D eigenvalue weighted by atomic mass is 10.0. The maximum absolute atomic E-state index is 12.5. The number of hydrogen-bond donors (Lipinski definition) is 1. The van der Waals surface area contributed by atoms with Crippen molar-refractivity contribution in [1.82, 2.24) is 19.2 Å². The lowest BCUT2D eigenvalue weighted by molar-refractivity contribution is -0.117. The van der Waals surface area contributed by atoms with Gasteiger partial charge in [-0.3, -0.25) is 4.79 Å². The van der Waals surface area contributed by atoms with Gasteiger partial charge in [-0.25, -0.2) is 13.9 Å². The third-order valence-corrected chi connectivity index (χ3v) is 5.06. The summed E-state index contributed by atoms with van der Waals surface area (Å²) in [6.07, 6.45) is 4.01. The van der Waals surface area contributed by atoms with E-state index in [4.69, 9.17) is 11.6 Å². The number of nitrogens with zero attached hydrogens (tertiary/aromatic N) is 5. The highest BCUT2D eigenvalue weighted by Crippen LogP contribution is 2.21. The number of hydrogen-bond acceptors (Lipinski definition) is 5. The van der Waals surface area contributed by atoms with Crippen molar-refractivity contribution in [3.63, 3.8) is 0 Å². The minimum Gasteiger partial charge on any atom is -0.356 e. The van der Waals surface area contributed by atoms with Crippen molar-refractivity contribution < 1.29 is 4.79 Å². The van der Waals surface area contributed by atoms with E-state index in [1.807, 2.05) is 6.07 Å². The first kappa shape index (κ1) is 18.5. The lowest BCUT2D eigenvalue weighted by Gasteiger charge is -2.31. The minimum atomic E-state index is -0.401. The van der Waals surface area contributed by atoms with Crippen LogP contribution in [-0.2, 0) is 11.3 Å². The molecule has 1 aliphatic rings. The quantitative estimate of drug-likeness (QED) is 0.727. The summed E-state index contributed by atoms with van der Waals surface area (Å²) >= 11 is 5.92. The minimum absolute atomic E-state index is 0.204. The van der Waals surface area contributed by atoms with Crippen molar-refractivity contribution in [3.05, 3.63) is 52.0 Å². The molecule has 1 fully saturated rings. The number of nitrogens with one attached hydrogen (secondary N) is 1. The zero-order valence-electron chi connectivity index (χ0n) is 15.5. The molecule has 1 atom stereocenters. The summed E-state index contributed by atoms with van der Waals surface area (Å²) in [6.45, 7) is 3.91. The summed E-state index contributed by atoms with van der Waals surface area (Å²) in [4.78, 5) is 31.5. The molecule has 0 aliphatic carbocycles. The maximum atomic E-state index is 12.5. The number of carbonyl (C=O) groups is 1. The van der Waals surface area contributed by atoms with Gasteiger partial charge in [-0.2, -0.15) is 4.98 Å². The first-order chi connectivity index (χ1) is 13.5. The van der Waals surface area contributed by atoms with Gasteiger partial charge >= 0.3 is 5.69 Å². The second-order valence-electron chi connectivity index (χ2n) is 7.15. The number of piperidine rings is 1. The van der Waals surface area contributed by atoms with Crippen molar-refractivity contribution in [3.8, 4) is 0 Å². The number of rotatable bonds is 4. The summed E-state index contributed by atoms with van der Waals surface area (Å²) in [5.41, 5.74) is 0.163. The molecule has 3 heterocycles. The number of fused-ring (bicyclic) bond motifs is 1. The Kier molecular flexibility index (Phi) is 5.04. The van der Waals surface area contributed by atoms with Crippen LogP contribution < -0.4 is 15.9 Å². The monoisotopic (exact) mass is 400 g/mol. The van der Waals surface area contributed by atoms with E-state index in [-0.39, 0.29) is 18.2 Å². The number of anilines is 2. The van der Waals surface area contributed by atoms with E-state index in [9.17, 15) is 9.59 Å². The highest BCUT2D eigenvalue weighted by molar-refractivity contribution is 6.30. The molecule has 1 N–H and O–H groups in total. The molecule has 1 aliphatic heterocycles. The zero-order chi connectivity index (χ0) is 19.7. The van der Waals surface area contributed by atoms with Crippen LogP contribution in [0.3, 0.4) is 0 Å². The molecule has 0 spiro atoms. The van der Waals surface area contributed by atoms with Gasteiger partial charge in [-0.1, -0.05) is 24.6 Å². The Morgan fingerprint density at radius 3 is 3.00 bits per heavy atom. The largest absolute Gasteiger partial charge is 0.356 e. The van der Waals surface area contributed by atoms with Gasteiger partial charge in [0.15, 0.2) is 0 Å². The van der Waals surface area contributed by atoms with E-state index in [1.165, 1.54) is 10.8 Å². The molecule has 0 saturated carbocycles. The molecule has 0 radical (unpaired) electrons. The summed E-state index contributed by atoms with van der Waals surface area (Å²) in [6, 6.07) is 8.64. The normalized spacial score (nSPS) is 17.1. The van der Waals surface area contributed by atoms with Crippen molar-refractivity contribution in [1.29, 1.82) is 0 Å². The molecule has 2 aromatic heterocycles. The molecule has 146 valence electrons. The first-order valence-corrected chi connectivity index (χ1v) is 9.64. The highest BCUT2D eigenvalue weighted by Gasteiger charge is 2.19. The van der Waals surface area contributed by atoms with Gasteiger partial charge in [0, 0.05) is 30.0 Å². The molecule has 9 heteroatoms. The van der Waals surface area contributed by atoms with Crippen LogP contribution in [0.5, 0.6) is 0 Å². The molecule has 1 saturated heterocycles. The van der Waals surface area contributed by atoms with Gasteiger partial charge in [0.05, 0.1) is 0 Å². The number of benzene rings is 1. The van der Waals surface area contributed by atoms with Crippen molar-refractivity contribution in [2.24, 2.45) is 5.92 Å². The predicted molar refractivity (Wildman–Crippen MR) is 108 cm³/mol. The zero-order valence-corrected chi connectivity index (χ0v) is 16.3. The van der Waals surface area contributed by atoms with Crippen LogP contribution in [0, 0.1) is 5.92 Å². The fourth-order valence-electron chi connectivity index (χ4n) is 3.48. The van der Waals surface area contributed by atoms with Crippen molar-refractivity contribution in [2.75, 3.05) is 23.3 Å². The van der Waals surface area contributed by atoms with Crippen LogP contribution in [0.15, 0.2) is 41.3 Å². The SMILES string of the molecule is C[C@@H]1CCCN(c2ccn3c(=O)n(CC(=O)Nc4cccc(Cl)c4)nc3n2)C1. The number of aromatic nitrogens is 4. The van der Waals surface area contributed by atoms with Gasteiger partial charge < -0.3 is 10.2 Å². The predicted octanol–water partition coefficient (Wildman–Crippen LogP) is 2.42. The Bertz CT molecular complexity index is 1080. The number of carbonyl (C=O) groups excluding carboxylic acids is 1. The summed E-state index contributed by atoms with van der Waals surface area (Å²) < 4.78 is 2.47. The van der Waals surface area contributed by atoms with E-state index in [0.717, 1.165) is 30.0 Å². The molecule has 8 nitrogen and oxygen atoms in total. The Morgan fingerprint density at radius 2 is 2.21 bits per heavy atom. The lowest BCUT2D eigenvalue weighted by Crippen LogP contribution is -2.34. The Balaban J connectivity index is 1.53. The Morgan fingerprint density at radius 1 is 1.36 bits per heavy atom. The molecular weight excluding hydrogens is 380 g/mol. The van der Waals surface area contributed by atoms with Crippen LogP contribution in [0.2, 0.25) is 5.02 Å². The molecule has 0 bridgehead atoms. The summed E-state index contributed by atoms with van der Waals surface area (Å²) in [5.74, 6) is 1.34. The van der Waals surface area contributed by atoms with E-state index < -0.39 is 5.69 Å². The van der Waals surface area contributed by atoms with Crippen LogP contribution in [-0.4, -0.2) is 38.2 Å².